The van der Waals surface area contributed by atoms with Crippen molar-refractivity contribution in [1.82, 2.24) is 5.43 Å². The van der Waals surface area contributed by atoms with Crippen LogP contribution in [0, 0.1) is 0 Å². The first-order chi connectivity index (χ1) is 12.8. The largest absolute Gasteiger partial charge is 0.482 e. The van der Waals surface area contributed by atoms with Gasteiger partial charge in [-0.1, -0.05) is 35.9 Å². The second kappa shape index (κ2) is 7.40. The van der Waals surface area contributed by atoms with Crippen LogP contribution in [-0.2, 0) is 4.79 Å². The zero-order chi connectivity index (χ0) is 19.6. The molecule has 0 aliphatic carbocycles. The van der Waals surface area contributed by atoms with E-state index >= 15 is 0 Å². The molecule has 0 saturated carbocycles. The number of rotatable bonds is 5. The highest BCUT2D eigenvalue weighted by Crippen LogP contribution is 2.37. The zero-order valence-electron chi connectivity index (χ0n) is 13.7. The van der Waals surface area contributed by atoms with Crippen molar-refractivity contribution in [2.45, 2.75) is 12.2 Å². The molecule has 1 atom stereocenters. The predicted molar refractivity (Wildman–Crippen MR) is 94.5 cm³/mol. The van der Waals surface area contributed by atoms with E-state index in [0.717, 1.165) is 11.1 Å². The van der Waals surface area contributed by atoms with Gasteiger partial charge in [0.15, 0.2) is 12.6 Å². The lowest BCUT2D eigenvalue weighted by Crippen LogP contribution is -2.46. The van der Waals surface area contributed by atoms with E-state index in [4.69, 9.17) is 21.4 Å². The van der Waals surface area contributed by atoms with Crippen LogP contribution in [0.3, 0.4) is 0 Å². The summed E-state index contributed by atoms with van der Waals surface area (Å²) < 4.78 is 45.7. The Morgan fingerprint density at radius 3 is 2.63 bits per heavy atom. The Labute approximate surface area is 157 Å². The van der Waals surface area contributed by atoms with Crippen LogP contribution in [0.5, 0.6) is 5.75 Å². The van der Waals surface area contributed by atoms with Crippen molar-refractivity contribution in [1.29, 1.82) is 0 Å². The van der Waals surface area contributed by atoms with Gasteiger partial charge in [0.25, 0.3) is 0 Å². The van der Waals surface area contributed by atoms with E-state index in [2.05, 4.69) is 5.43 Å². The molecule has 3 rings (SSSR count). The lowest BCUT2D eigenvalue weighted by Gasteiger charge is -2.29. The molecule has 0 aromatic heterocycles. The number of hydrogen-bond acceptors (Lipinski definition) is 4. The SMILES string of the molecule is O=C(O)COc1cccc(C2=CC(C(F)(F)F)N(c3ccccc3Cl)N2)c1. The summed E-state index contributed by atoms with van der Waals surface area (Å²) in [4.78, 5) is 10.6. The number of nitrogens with one attached hydrogen (secondary N) is 1. The van der Waals surface area contributed by atoms with Crippen LogP contribution in [0.15, 0.2) is 54.6 Å². The highest BCUT2D eigenvalue weighted by atomic mass is 35.5. The lowest BCUT2D eigenvalue weighted by atomic mass is 10.1. The number of para-hydroxylation sites is 1. The fourth-order valence-corrected chi connectivity index (χ4v) is 2.85. The van der Waals surface area contributed by atoms with Crippen molar-refractivity contribution in [2.24, 2.45) is 0 Å². The number of alkyl halides is 3. The molecule has 0 spiro atoms. The van der Waals surface area contributed by atoms with Crippen molar-refractivity contribution in [2.75, 3.05) is 11.6 Å². The first-order valence-electron chi connectivity index (χ1n) is 7.79. The maximum atomic E-state index is 13.5. The number of carboxylic acids is 1. The number of hydrazine groups is 1. The number of aliphatic carboxylic acids is 1. The third-order valence-electron chi connectivity index (χ3n) is 3.80. The van der Waals surface area contributed by atoms with Crippen LogP contribution in [0.4, 0.5) is 18.9 Å². The molecule has 0 fully saturated rings. The summed E-state index contributed by atoms with van der Waals surface area (Å²) in [6, 6.07) is 10.4. The monoisotopic (exact) mass is 398 g/mol. The normalized spacial score (nSPS) is 16.7. The molecule has 9 heteroatoms. The van der Waals surface area contributed by atoms with Crippen LogP contribution in [0.25, 0.3) is 5.70 Å². The van der Waals surface area contributed by atoms with Gasteiger partial charge in [0.2, 0.25) is 0 Å². The number of benzene rings is 2. The third kappa shape index (κ3) is 4.28. The van der Waals surface area contributed by atoms with Crippen molar-refractivity contribution < 1.29 is 27.8 Å². The molecule has 0 bridgehead atoms. The molecule has 2 N–H and O–H groups in total. The summed E-state index contributed by atoms with van der Waals surface area (Å²) in [5.41, 5.74) is 3.54. The summed E-state index contributed by atoms with van der Waals surface area (Å²) in [6.07, 6.45) is -3.50. The molecule has 1 heterocycles. The Bertz CT molecular complexity index is 886. The quantitative estimate of drug-likeness (QED) is 0.794. The maximum absolute atomic E-state index is 13.5. The van der Waals surface area contributed by atoms with Crippen LogP contribution in [0.1, 0.15) is 5.56 Å². The van der Waals surface area contributed by atoms with Gasteiger partial charge in [0.05, 0.1) is 16.4 Å². The first kappa shape index (κ1) is 18.9. The predicted octanol–water partition coefficient (Wildman–Crippen LogP) is 4.10. The number of carbonyl (C=O) groups is 1. The summed E-state index contributed by atoms with van der Waals surface area (Å²) in [6.45, 7) is -0.549. The summed E-state index contributed by atoms with van der Waals surface area (Å²) in [7, 11) is 0. The maximum Gasteiger partial charge on any atom is 0.414 e. The summed E-state index contributed by atoms with van der Waals surface area (Å²) in [5.74, 6) is -0.919. The molecular weight excluding hydrogens is 385 g/mol. The Morgan fingerprint density at radius 1 is 1.22 bits per heavy atom. The van der Waals surface area contributed by atoms with Gasteiger partial charge in [-0.15, -0.1) is 0 Å². The van der Waals surface area contributed by atoms with Crippen molar-refractivity contribution >= 4 is 29.0 Å². The van der Waals surface area contributed by atoms with Gasteiger partial charge < -0.3 is 9.84 Å². The molecule has 0 amide bonds. The molecule has 27 heavy (non-hydrogen) atoms. The Balaban J connectivity index is 1.92. The second-order valence-electron chi connectivity index (χ2n) is 5.71. The van der Waals surface area contributed by atoms with E-state index in [-0.39, 0.29) is 22.2 Å². The van der Waals surface area contributed by atoms with E-state index in [0.29, 0.717) is 5.56 Å². The molecule has 1 aliphatic heterocycles. The Kier molecular flexibility index (Phi) is 5.18. The molecule has 2 aromatic carbocycles. The van der Waals surface area contributed by atoms with Gasteiger partial charge in [-0.3, -0.25) is 10.4 Å². The van der Waals surface area contributed by atoms with Gasteiger partial charge in [0, 0.05) is 5.56 Å². The molecular formula is C18H14ClF3N2O3. The third-order valence-corrected chi connectivity index (χ3v) is 4.12. The van der Waals surface area contributed by atoms with Crippen molar-refractivity contribution in [3.63, 3.8) is 0 Å². The van der Waals surface area contributed by atoms with Gasteiger partial charge in [-0.25, -0.2) is 4.79 Å². The summed E-state index contributed by atoms with van der Waals surface area (Å²) >= 11 is 6.06. The van der Waals surface area contributed by atoms with Crippen molar-refractivity contribution in [3.8, 4) is 5.75 Å². The number of anilines is 1. The number of hydrogen-bond donors (Lipinski definition) is 2. The van der Waals surface area contributed by atoms with Gasteiger partial charge in [-0.2, -0.15) is 13.2 Å². The second-order valence-corrected chi connectivity index (χ2v) is 6.12. The van der Waals surface area contributed by atoms with E-state index in [1.165, 1.54) is 24.3 Å². The van der Waals surface area contributed by atoms with Crippen molar-refractivity contribution in [3.05, 3.63) is 65.2 Å². The minimum Gasteiger partial charge on any atom is -0.482 e. The fourth-order valence-electron chi connectivity index (χ4n) is 2.63. The Hall–Kier alpha value is -2.87. The van der Waals surface area contributed by atoms with Gasteiger partial charge >= 0.3 is 12.1 Å². The number of nitrogens with zero attached hydrogens (tertiary/aromatic N) is 1. The smallest absolute Gasteiger partial charge is 0.414 e. The molecule has 1 unspecified atom stereocenters. The lowest BCUT2D eigenvalue weighted by molar-refractivity contribution is -0.139. The average Bonchev–Trinajstić information content (AvgIpc) is 3.06. The highest BCUT2D eigenvalue weighted by molar-refractivity contribution is 6.33. The molecule has 1 aliphatic rings. The van der Waals surface area contributed by atoms with Crippen LogP contribution >= 0.6 is 11.6 Å². The van der Waals surface area contributed by atoms with E-state index in [1.54, 1.807) is 24.3 Å². The van der Waals surface area contributed by atoms with E-state index in [1.807, 2.05) is 0 Å². The Morgan fingerprint density at radius 2 is 1.96 bits per heavy atom. The van der Waals surface area contributed by atoms with Gasteiger partial charge in [-0.05, 0) is 30.3 Å². The van der Waals surface area contributed by atoms with Crippen LogP contribution in [0.2, 0.25) is 5.02 Å². The minimum atomic E-state index is -4.54. The highest BCUT2D eigenvalue weighted by Gasteiger charge is 2.46. The minimum absolute atomic E-state index is 0.174. The van der Waals surface area contributed by atoms with E-state index < -0.39 is 24.8 Å². The average molecular weight is 399 g/mol. The standard InChI is InChI=1S/C18H14ClF3N2O3/c19-13-6-1-2-7-15(13)24-16(18(20,21)22)9-14(23-24)11-4-3-5-12(8-11)27-10-17(25)26/h1-9,16,23H,10H2,(H,25,26). The topological polar surface area (TPSA) is 61.8 Å². The fraction of sp³-hybridized carbons (Fsp3) is 0.167. The summed E-state index contributed by atoms with van der Waals surface area (Å²) in [5, 5.41) is 9.79. The van der Waals surface area contributed by atoms with Gasteiger partial charge in [0.1, 0.15) is 5.75 Å². The molecule has 0 saturated heterocycles. The molecule has 142 valence electrons. The number of halogens is 4. The first-order valence-corrected chi connectivity index (χ1v) is 8.17. The van der Waals surface area contributed by atoms with Crippen LogP contribution < -0.4 is 15.2 Å². The van der Waals surface area contributed by atoms with E-state index in [9.17, 15) is 18.0 Å². The molecule has 5 nitrogen and oxygen atoms in total. The molecule has 2 aromatic rings. The number of carboxylic acid groups (broad SMARTS) is 1. The van der Waals surface area contributed by atoms with Crippen LogP contribution in [-0.4, -0.2) is 29.9 Å². The number of ether oxygens (including phenoxy) is 1. The zero-order valence-corrected chi connectivity index (χ0v) is 14.5. The molecule has 0 radical (unpaired) electrons.